The summed E-state index contributed by atoms with van der Waals surface area (Å²) in [5, 5.41) is 2.05. The van der Waals surface area contributed by atoms with Crippen LogP contribution in [-0.4, -0.2) is 23.3 Å². The number of rotatable bonds is 4. The Morgan fingerprint density at radius 3 is 2.62 bits per heavy atom. The van der Waals surface area contributed by atoms with Crippen LogP contribution in [0.15, 0.2) is 41.8 Å². The highest BCUT2D eigenvalue weighted by Gasteiger charge is 2.32. The van der Waals surface area contributed by atoms with Crippen LogP contribution in [-0.2, 0) is 16.1 Å². The van der Waals surface area contributed by atoms with Gasteiger partial charge >= 0.3 is 0 Å². The maximum atomic E-state index is 11.9. The number of hydrogen-bond acceptors (Lipinski definition) is 3. The van der Waals surface area contributed by atoms with E-state index >= 15 is 0 Å². The summed E-state index contributed by atoms with van der Waals surface area (Å²) >= 11 is 1.70. The maximum Gasteiger partial charge on any atom is 0.223 e. The molecule has 1 unspecified atom stereocenters. The van der Waals surface area contributed by atoms with Crippen molar-refractivity contribution in [2.24, 2.45) is 11.7 Å². The third-order valence-electron chi connectivity index (χ3n) is 3.75. The maximum absolute atomic E-state index is 11.9. The van der Waals surface area contributed by atoms with Gasteiger partial charge in [-0.25, -0.2) is 0 Å². The van der Waals surface area contributed by atoms with E-state index in [1.54, 1.807) is 16.2 Å². The van der Waals surface area contributed by atoms with Crippen molar-refractivity contribution in [3.8, 4) is 10.4 Å². The zero-order chi connectivity index (χ0) is 14.8. The molecule has 21 heavy (non-hydrogen) atoms. The molecule has 5 heteroatoms. The van der Waals surface area contributed by atoms with E-state index in [2.05, 4.69) is 23.6 Å². The van der Waals surface area contributed by atoms with Gasteiger partial charge in [0.25, 0.3) is 0 Å². The molecule has 1 aromatic carbocycles. The molecule has 2 heterocycles. The van der Waals surface area contributed by atoms with E-state index in [1.165, 1.54) is 10.4 Å². The van der Waals surface area contributed by atoms with E-state index < -0.39 is 0 Å². The quantitative estimate of drug-likeness (QED) is 0.941. The number of hydrogen-bond donors (Lipinski definition) is 1. The molecule has 0 bridgehead atoms. The highest BCUT2D eigenvalue weighted by molar-refractivity contribution is 7.13. The van der Waals surface area contributed by atoms with Crippen LogP contribution in [0.4, 0.5) is 0 Å². The Bertz CT molecular complexity index is 649. The Morgan fingerprint density at radius 2 is 2.05 bits per heavy atom. The fraction of sp³-hybridized carbons (Fsp3) is 0.250. The normalized spacial score (nSPS) is 18.2. The van der Waals surface area contributed by atoms with Gasteiger partial charge in [0.2, 0.25) is 11.8 Å². The van der Waals surface area contributed by atoms with E-state index in [0.717, 1.165) is 5.56 Å². The van der Waals surface area contributed by atoms with Crippen molar-refractivity contribution in [3.05, 3.63) is 47.3 Å². The first-order valence-electron chi connectivity index (χ1n) is 6.83. The van der Waals surface area contributed by atoms with Crippen LogP contribution in [0.25, 0.3) is 10.4 Å². The summed E-state index contributed by atoms with van der Waals surface area (Å²) in [6, 6.07) is 12.3. The number of carbonyl (C=O) groups is 2. The van der Waals surface area contributed by atoms with E-state index in [4.69, 9.17) is 5.73 Å². The molecule has 0 saturated carbocycles. The van der Waals surface area contributed by atoms with Crippen molar-refractivity contribution in [3.63, 3.8) is 0 Å². The van der Waals surface area contributed by atoms with Crippen molar-refractivity contribution >= 4 is 23.2 Å². The molecule has 2 N–H and O–H groups in total. The monoisotopic (exact) mass is 300 g/mol. The number of carbonyl (C=O) groups excluding carboxylic acids is 2. The van der Waals surface area contributed by atoms with Crippen molar-refractivity contribution < 1.29 is 9.59 Å². The minimum Gasteiger partial charge on any atom is -0.369 e. The summed E-state index contributed by atoms with van der Waals surface area (Å²) in [6.07, 6.45) is 0.239. The molecule has 0 aliphatic carbocycles. The molecular weight excluding hydrogens is 284 g/mol. The van der Waals surface area contributed by atoms with Crippen LogP contribution in [0.3, 0.4) is 0 Å². The SMILES string of the molecule is NC(=O)C1CC(=O)N(Cc2ccc(-c3cccs3)cc2)C1. The lowest BCUT2D eigenvalue weighted by molar-refractivity contribution is -0.128. The van der Waals surface area contributed by atoms with E-state index in [1.807, 2.05) is 18.2 Å². The number of thiophene rings is 1. The largest absolute Gasteiger partial charge is 0.369 e. The molecular formula is C16H16N2O2S. The summed E-state index contributed by atoms with van der Waals surface area (Å²) in [5.74, 6) is -0.733. The lowest BCUT2D eigenvalue weighted by atomic mass is 10.1. The number of benzene rings is 1. The van der Waals surface area contributed by atoms with Gasteiger partial charge in [0, 0.05) is 24.4 Å². The zero-order valence-corrected chi connectivity index (χ0v) is 12.3. The average molecular weight is 300 g/mol. The summed E-state index contributed by atoms with van der Waals surface area (Å²) in [6.45, 7) is 0.966. The Labute approximate surface area is 127 Å². The van der Waals surface area contributed by atoms with Crippen LogP contribution < -0.4 is 5.73 Å². The van der Waals surface area contributed by atoms with Gasteiger partial charge in [-0.3, -0.25) is 9.59 Å². The second-order valence-electron chi connectivity index (χ2n) is 5.25. The number of amides is 2. The first kappa shape index (κ1) is 13.8. The van der Waals surface area contributed by atoms with Crippen molar-refractivity contribution in [2.75, 3.05) is 6.54 Å². The van der Waals surface area contributed by atoms with Crippen molar-refractivity contribution in [2.45, 2.75) is 13.0 Å². The van der Waals surface area contributed by atoms with Gasteiger partial charge in [0.05, 0.1) is 5.92 Å². The fourth-order valence-electron chi connectivity index (χ4n) is 2.55. The van der Waals surface area contributed by atoms with Gasteiger partial charge < -0.3 is 10.6 Å². The Kier molecular flexibility index (Phi) is 3.75. The van der Waals surface area contributed by atoms with Crippen LogP contribution >= 0.6 is 11.3 Å². The summed E-state index contributed by atoms with van der Waals surface area (Å²) in [4.78, 5) is 26.0. The van der Waals surface area contributed by atoms with Crippen molar-refractivity contribution in [1.29, 1.82) is 0 Å². The molecule has 1 saturated heterocycles. The number of nitrogens with zero attached hydrogens (tertiary/aromatic N) is 1. The molecule has 0 radical (unpaired) electrons. The highest BCUT2D eigenvalue weighted by atomic mass is 32.1. The molecule has 2 aromatic rings. The highest BCUT2D eigenvalue weighted by Crippen LogP contribution is 2.26. The number of likely N-dealkylation sites (tertiary alicyclic amines) is 1. The van der Waals surface area contributed by atoms with Crippen molar-refractivity contribution in [1.82, 2.24) is 4.90 Å². The van der Waals surface area contributed by atoms with E-state index in [-0.39, 0.29) is 24.2 Å². The van der Waals surface area contributed by atoms with Crippen LogP contribution in [0.5, 0.6) is 0 Å². The van der Waals surface area contributed by atoms with Gasteiger partial charge in [-0.05, 0) is 22.6 Å². The van der Waals surface area contributed by atoms with Gasteiger partial charge in [-0.15, -0.1) is 11.3 Å². The minimum atomic E-state index is -0.390. The molecule has 1 aromatic heterocycles. The first-order chi connectivity index (χ1) is 10.1. The minimum absolute atomic E-state index is 0.00105. The zero-order valence-electron chi connectivity index (χ0n) is 11.5. The lowest BCUT2D eigenvalue weighted by Gasteiger charge is -2.16. The van der Waals surface area contributed by atoms with E-state index in [0.29, 0.717) is 13.1 Å². The number of primary amides is 1. The third kappa shape index (κ3) is 2.97. The topological polar surface area (TPSA) is 63.4 Å². The summed E-state index contributed by atoms with van der Waals surface area (Å²) < 4.78 is 0. The molecule has 1 atom stereocenters. The predicted octanol–water partition coefficient (Wildman–Crippen LogP) is 2.25. The lowest BCUT2D eigenvalue weighted by Crippen LogP contribution is -2.28. The van der Waals surface area contributed by atoms with E-state index in [9.17, 15) is 9.59 Å². The first-order valence-corrected chi connectivity index (χ1v) is 7.71. The second-order valence-corrected chi connectivity index (χ2v) is 6.20. The van der Waals surface area contributed by atoms with Crippen LogP contribution in [0, 0.1) is 5.92 Å². The molecule has 2 amide bonds. The van der Waals surface area contributed by atoms with Crippen LogP contribution in [0.2, 0.25) is 0 Å². The standard InChI is InChI=1S/C16H16N2O2S/c17-16(20)13-8-15(19)18(10-13)9-11-3-5-12(6-4-11)14-2-1-7-21-14/h1-7,13H,8-10H2,(H2,17,20). The molecule has 0 spiro atoms. The Balaban J connectivity index is 1.68. The summed E-state index contributed by atoms with van der Waals surface area (Å²) in [7, 11) is 0. The molecule has 1 aliphatic rings. The average Bonchev–Trinajstić information content (AvgIpc) is 3.10. The molecule has 108 valence electrons. The Morgan fingerprint density at radius 1 is 1.29 bits per heavy atom. The van der Waals surface area contributed by atoms with Gasteiger partial charge in [-0.2, -0.15) is 0 Å². The predicted molar refractivity (Wildman–Crippen MR) is 82.5 cm³/mol. The molecule has 1 aliphatic heterocycles. The number of nitrogens with two attached hydrogens (primary N) is 1. The Hall–Kier alpha value is -2.14. The molecule has 3 rings (SSSR count). The van der Waals surface area contributed by atoms with Gasteiger partial charge in [0.1, 0.15) is 0 Å². The summed E-state index contributed by atoms with van der Waals surface area (Å²) in [5.41, 5.74) is 7.51. The third-order valence-corrected chi connectivity index (χ3v) is 4.67. The molecule has 1 fully saturated rings. The van der Waals surface area contributed by atoms with Crippen LogP contribution in [0.1, 0.15) is 12.0 Å². The molecule has 4 nitrogen and oxygen atoms in total. The fourth-order valence-corrected chi connectivity index (χ4v) is 3.29. The van der Waals surface area contributed by atoms with Gasteiger partial charge in [-0.1, -0.05) is 30.3 Å². The van der Waals surface area contributed by atoms with Gasteiger partial charge in [0.15, 0.2) is 0 Å². The smallest absolute Gasteiger partial charge is 0.223 e. The second kappa shape index (κ2) is 5.69.